The highest BCUT2D eigenvalue weighted by molar-refractivity contribution is 5.15. The Balaban J connectivity index is 1.80. The van der Waals surface area contributed by atoms with Crippen LogP contribution in [0, 0.1) is 5.92 Å². The molecular weight excluding hydrogens is 198 g/mol. The highest BCUT2D eigenvalue weighted by Crippen LogP contribution is 2.51. The monoisotopic (exact) mass is 212 g/mol. The first-order valence-electron chi connectivity index (χ1n) is 5.19. The van der Waals surface area contributed by atoms with Gasteiger partial charge < -0.3 is 5.11 Å². The molecule has 0 saturated heterocycles. The Morgan fingerprint density at radius 1 is 1.33 bits per heavy atom. The van der Waals surface area contributed by atoms with Crippen molar-refractivity contribution in [1.29, 1.82) is 0 Å². The van der Waals surface area contributed by atoms with Gasteiger partial charge >= 0.3 is 0 Å². The zero-order chi connectivity index (χ0) is 10.9. The van der Waals surface area contributed by atoms with Gasteiger partial charge in [0, 0.05) is 6.42 Å². The third-order valence-electron chi connectivity index (χ3n) is 2.91. The number of hydrogen-bond donors (Lipinski definition) is 1. The van der Waals surface area contributed by atoms with E-state index in [-0.39, 0.29) is 6.42 Å². The molecule has 0 radical (unpaired) electrons. The van der Waals surface area contributed by atoms with Crippen molar-refractivity contribution < 1.29 is 13.9 Å². The van der Waals surface area contributed by atoms with E-state index < -0.39 is 17.9 Å². The lowest BCUT2D eigenvalue weighted by Gasteiger charge is -2.09. The molecule has 0 amide bonds. The van der Waals surface area contributed by atoms with Crippen LogP contribution in [0.3, 0.4) is 0 Å². The zero-order valence-electron chi connectivity index (χ0n) is 8.37. The molecule has 2 atom stereocenters. The van der Waals surface area contributed by atoms with Gasteiger partial charge in [-0.05, 0) is 18.4 Å². The van der Waals surface area contributed by atoms with Crippen LogP contribution >= 0.6 is 0 Å². The highest BCUT2D eigenvalue weighted by Gasteiger charge is 2.59. The van der Waals surface area contributed by atoms with Gasteiger partial charge in [0.1, 0.15) is 0 Å². The van der Waals surface area contributed by atoms with Crippen molar-refractivity contribution in [3.05, 3.63) is 35.9 Å². The minimum Gasteiger partial charge on any atom is -0.393 e. The molecule has 1 nitrogen and oxygen atoms in total. The molecular formula is C12H14F2O. The number of aliphatic hydroxyl groups excluding tert-OH is 1. The molecule has 1 aliphatic carbocycles. The van der Waals surface area contributed by atoms with E-state index in [1.165, 1.54) is 0 Å². The highest BCUT2D eigenvalue weighted by atomic mass is 19.3. The Bertz CT molecular complexity index is 324. The number of alkyl halides is 2. The first-order valence-corrected chi connectivity index (χ1v) is 5.19. The van der Waals surface area contributed by atoms with Crippen LogP contribution in [0.1, 0.15) is 18.4 Å². The number of halogens is 2. The van der Waals surface area contributed by atoms with Gasteiger partial charge in [-0.1, -0.05) is 30.3 Å². The summed E-state index contributed by atoms with van der Waals surface area (Å²) >= 11 is 0. The molecule has 2 rings (SSSR count). The molecule has 0 aliphatic heterocycles. The van der Waals surface area contributed by atoms with Gasteiger partial charge in [0.25, 0.3) is 5.92 Å². The summed E-state index contributed by atoms with van der Waals surface area (Å²) in [5.41, 5.74) is 1.08. The van der Waals surface area contributed by atoms with Gasteiger partial charge in [0.05, 0.1) is 12.0 Å². The quantitative estimate of drug-likeness (QED) is 0.813. The summed E-state index contributed by atoms with van der Waals surface area (Å²) < 4.78 is 25.2. The van der Waals surface area contributed by atoms with Crippen LogP contribution in [0.15, 0.2) is 30.3 Å². The standard InChI is InChI=1S/C12H14F2O/c13-12(14)8-10(12)11(15)7-6-9-4-2-1-3-5-9/h1-5,10-11,15H,6-8H2/t10-,11+/m0/s1. The summed E-state index contributed by atoms with van der Waals surface area (Å²) in [6, 6.07) is 9.62. The van der Waals surface area contributed by atoms with Crippen molar-refractivity contribution in [1.82, 2.24) is 0 Å². The number of aliphatic hydroxyl groups is 1. The number of rotatable bonds is 4. The number of benzene rings is 1. The van der Waals surface area contributed by atoms with Gasteiger partial charge in [-0.25, -0.2) is 8.78 Å². The summed E-state index contributed by atoms with van der Waals surface area (Å²) in [7, 11) is 0. The van der Waals surface area contributed by atoms with E-state index >= 15 is 0 Å². The van der Waals surface area contributed by atoms with Crippen molar-refractivity contribution in [3.63, 3.8) is 0 Å². The molecule has 0 aromatic heterocycles. The molecule has 1 aliphatic rings. The lowest BCUT2D eigenvalue weighted by atomic mass is 10.0. The lowest BCUT2D eigenvalue weighted by molar-refractivity contribution is 0.0451. The molecule has 82 valence electrons. The Hall–Kier alpha value is -0.960. The molecule has 0 heterocycles. The molecule has 15 heavy (non-hydrogen) atoms. The maximum atomic E-state index is 12.6. The molecule has 1 N–H and O–H groups in total. The largest absolute Gasteiger partial charge is 0.393 e. The van der Waals surface area contributed by atoms with Crippen molar-refractivity contribution in [2.24, 2.45) is 5.92 Å². The third-order valence-corrected chi connectivity index (χ3v) is 2.91. The van der Waals surface area contributed by atoms with E-state index in [1.54, 1.807) is 0 Å². The molecule has 1 saturated carbocycles. The third kappa shape index (κ3) is 2.53. The van der Waals surface area contributed by atoms with Gasteiger partial charge in [0.2, 0.25) is 0 Å². The van der Waals surface area contributed by atoms with E-state index in [0.29, 0.717) is 12.8 Å². The van der Waals surface area contributed by atoms with Crippen LogP contribution in [0.25, 0.3) is 0 Å². The molecule has 3 heteroatoms. The Kier molecular flexibility index (Phi) is 2.74. The normalized spacial score (nSPS) is 24.9. The van der Waals surface area contributed by atoms with Gasteiger partial charge in [0.15, 0.2) is 0 Å². The van der Waals surface area contributed by atoms with Crippen molar-refractivity contribution in [3.8, 4) is 0 Å². The van der Waals surface area contributed by atoms with Crippen molar-refractivity contribution in [2.45, 2.75) is 31.3 Å². The van der Waals surface area contributed by atoms with Crippen LogP contribution in [-0.2, 0) is 6.42 Å². The number of hydrogen-bond acceptors (Lipinski definition) is 1. The van der Waals surface area contributed by atoms with Gasteiger partial charge in [-0.15, -0.1) is 0 Å². The SMILES string of the molecule is O[C@H](CCc1ccccc1)[C@@H]1CC1(F)F. The molecule has 1 aromatic carbocycles. The van der Waals surface area contributed by atoms with Crippen LogP contribution in [0.4, 0.5) is 8.78 Å². The van der Waals surface area contributed by atoms with Crippen LogP contribution in [0.2, 0.25) is 0 Å². The van der Waals surface area contributed by atoms with Crippen molar-refractivity contribution in [2.75, 3.05) is 0 Å². The molecule has 0 bridgehead atoms. The molecule has 0 spiro atoms. The summed E-state index contributed by atoms with van der Waals surface area (Å²) in [6.45, 7) is 0. The molecule has 1 aromatic rings. The predicted molar refractivity (Wildman–Crippen MR) is 53.8 cm³/mol. The minimum absolute atomic E-state index is 0.150. The maximum absolute atomic E-state index is 12.6. The fourth-order valence-corrected chi connectivity index (χ4v) is 1.81. The molecule has 0 unspecified atom stereocenters. The summed E-state index contributed by atoms with van der Waals surface area (Å²) in [5, 5.41) is 9.51. The Morgan fingerprint density at radius 3 is 2.47 bits per heavy atom. The van der Waals surface area contributed by atoms with Crippen LogP contribution in [-0.4, -0.2) is 17.1 Å². The Morgan fingerprint density at radius 2 is 1.93 bits per heavy atom. The number of aryl methyl sites for hydroxylation is 1. The second kappa shape index (κ2) is 3.89. The summed E-state index contributed by atoms with van der Waals surface area (Å²) in [5.74, 6) is -3.42. The summed E-state index contributed by atoms with van der Waals surface area (Å²) in [6.07, 6.45) is 0.0714. The lowest BCUT2D eigenvalue weighted by Crippen LogP contribution is -2.15. The van der Waals surface area contributed by atoms with Gasteiger partial charge in [-0.2, -0.15) is 0 Å². The second-order valence-electron chi connectivity index (χ2n) is 4.16. The van der Waals surface area contributed by atoms with E-state index in [4.69, 9.17) is 0 Å². The predicted octanol–water partition coefficient (Wildman–Crippen LogP) is 2.64. The first-order chi connectivity index (χ1) is 7.09. The van der Waals surface area contributed by atoms with E-state index in [9.17, 15) is 13.9 Å². The van der Waals surface area contributed by atoms with Crippen molar-refractivity contribution >= 4 is 0 Å². The Labute approximate surface area is 87.7 Å². The minimum atomic E-state index is -2.61. The average molecular weight is 212 g/mol. The topological polar surface area (TPSA) is 20.2 Å². The van der Waals surface area contributed by atoms with Crippen LogP contribution < -0.4 is 0 Å². The van der Waals surface area contributed by atoms with E-state index in [0.717, 1.165) is 5.56 Å². The van der Waals surface area contributed by atoms with E-state index in [2.05, 4.69) is 0 Å². The summed E-state index contributed by atoms with van der Waals surface area (Å²) in [4.78, 5) is 0. The molecule has 1 fully saturated rings. The fraction of sp³-hybridized carbons (Fsp3) is 0.500. The fourth-order valence-electron chi connectivity index (χ4n) is 1.81. The second-order valence-corrected chi connectivity index (χ2v) is 4.16. The zero-order valence-corrected chi connectivity index (χ0v) is 8.37. The first kappa shape index (κ1) is 10.6. The maximum Gasteiger partial charge on any atom is 0.254 e. The van der Waals surface area contributed by atoms with E-state index in [1.807, 2.05) is 30.3 Å². The average Bonchev–Trinajstić information content (AvgIpc) is 2.86. The smallest absolute Gasteiger partial charge is 0.254 e. The van der Waals surface area contributed by atoms with Crippen LogP contribution in [0.5, 0.6) is 0 Å². The van der Waals surface area contributed by atoms with Gasteiger partial charge in [-0.3, -0.25) is 0 Å².